The Kier molecular flexibility index (Phi) is 4.94. The normalized spacial score (nSPS) is 15.7. The van der Waals surface area contributed by atoms with Gasteiger partial charge in [-0.3, -0.25) is 0 Å². The summed E-state index contributed by atoms with van der Waals surface area (Å²) in [4.78, 5) is 11.0. The number of nitrogens with zero attached hydrogens (tertiary/aromatic N) is 6. The topological polar surface area (TPSA) is 83.7 Å². The van der Waals surface area contributed by atoms with E-state index in [1.165, 1.54) is 10.6 Å². The van der Waals surface area contributed by atoms with Crippen LogP contribution < -0.4 is 4.90 Å². The van der Waals surface area contributed by atoms with Gasteiger partial charge in [-0.25, -0.2) is 13.4 Å². The highest BCUT2D eigenvalue weighted by atomic mass is 35.5. The first-order chi connectivity index (χ1) is 14.5. The molecule has 0 bridgehead atoms. The second-order valence-electron chi connectivity index (χ2n) is 6.79. The summed E-state index contributed by atoms with van der Waals surface area (Å²) >= 11 is 7.00. The molecule has 5 rings (SSSR count). The van der Waals surface area contributed by atoms with Crippen molar-refractivity contribution in [1.29, 1.82) is 0 Å². The molecule has 1 aliphatic heterocycles. The third kappa shape index (κ3) is 3.45. The Balaban J connectivity index is 1.43. The van der Waals surface area contributed by atoms with E-state index in [0.717, 1.165) is 28.4 Å². The van der Waals surface area contributed by atoms with Crippen molar-refractivity contribution >= 4 is 44.6 Å². The largest absolute Gasteiger partial charge is 0.354 e. The van der Waals surface area contributed by atoms with E-state index in [4.69, 9.17) is 11.6 Å². The molecule has 0 N–H and O–H groups in total. The average Bonchev–Trinajstić information content (AvgIpc) is 3.43. The molecular weight excluding hydrogens is 444 g/mol. The van der Waals surface area contributed by atoms with Crippen LogP contribution in [0.4, 0.5) is 5.82 Å². The van der Waals surface area contributed by atoms with Gasteiger partial charge in [0.15, 0.2) is 0 Å². The fourth-order valence-corrected chi connectivity index (χ4v) is 6.56. The molecule has 0 saturated carbocycles. The Labute approximate surface area is 182 Å². The lowest BCUT2D eigenvalue weighted by Crippen LogP contribution is -2.49. The predicted molar refractivity (Wildman–Crippen MR) is 117 cm³/mol. The van der Waals surface area contributed by atoms with Crippen LogP contribution in [0.15, 0.2) is 59.1 Å². The first-order valence-electron chi connectivity index (χ1n) is 9.29. The van der Waals surface area contributed by atoms with Gasteiger partial charge >= 0.3 is 0 Å². The number of thiophene rings is 1. The van der Waals surface area contributed by atoms with Gasteiger partial charge in [-0.05, 0) is 12.1 Å². The highest BCUT2D eigenvalue weighted by molar-refractivity contribution is 7.91. The SMILES string of the molecule is O=S(=O)(c1ccc(Cl)s1)N1CCN(c2cc(-c3ccccc3)nc3ncnn23)CC1. The first-order valence-corrected chi connectivity index (χ1v) is 11.9. The van der Waals surface area contributed by atoms with Gasteiger partial charge in [0.25, 0.3) is 15.8 Å². The third-order valence-corrected chi connectivity index (χ3v) is 8.61. The summed E-state index contributed by atoms with van der Waals surface area (Å²) in [6, 6.07) is 15.0. The number of benzene rings is 1. The maximum atomic E-state index is 12.9. The standard InChI is InChI=1S/C19H17ClN6O2S2/c20-16-6-7-18(29-16)30(27,28)25-10-8-24(9-11-25)17-12-15(14-4-2-1-3-5-14)23-19-21-13-22-26(17)19/h1-7,12-13H,8-11H2. The lowest BCUT2D eigenvalue weighted by molar-refractivity contribution is 0.384. The van der Waals surface area contributed by atoms with Crippen LogP contribution in [-0.4, -0.2) is 58.5 Å². The van der Waals surface area contributed by atoms with Crippen LogP contribution >= 0.6 is 22.9 Å². The van der Waals surface area contributed by atoms with Crippen molar-refractivity contribution in [2.24, 2.45) is 0 Å². The van der Waals surface area contributed by atoms with E-state index in [0.29, 0.717) is 36.3 Å². The Morgan fingerprint density at radius 1 is 1.00 bits per heavy atom. The summed E-state index contributed by atoms with van der Waals surface area (Å²) in [7, 11) is -3.54. The lowest BCUT2D eigenvalue weighted by Gasteiger charge is -2.35. The van der Waals surface area contributed by atoms with Gasteiger partial charge in [-0.15, -0.1) is 11.3 Å². The fraction of sp³-hybridized carbons (Fsp3) is 0.211. The number of halogens is 1. The molecule has 3 aromatic heterocycles. The van der Waals surface area contributed by atoms with Crippen LogP contribution in [0.1, 0.15) is 0 Å². The van der Waals surface area contributed by atoms with Crippen molar-refractivity contribution in [2.45, 2.75) is 4.21 Å². The van der Waals surface area contributed by atoms with Crippen LogP contribution in [0.3, 0.4) is 0 Å². The van der Waals surface area contributed by atoms with Crippen molar-refractivity contribution in [2.75, 3.05) is 31.1 Å². The van der Waals surface area contributed by atoms with E-state index in [1.54, 1.807) is 16.6 Å². The number of fused-ring (bicyclic) bond motifs is 1. The third-order valence-electron chi connectivity index (χ3n) is 5.01. The minimum atomic E-state index is -3.54. The zero-order valence-electron chi connectivity index (χ0n) is 15.7. The highest BCUT2D eigenvalue weighted by Gasteiger charge is 2.30. The average molecular weight is 461 g/mol. The number of anilines is 1. The number of hydrogen-bond donors (Lipinski definition) is 0. The van der Waals surface area contributed by atoms with Gasteiger partial charge < -0.3 is 4.90 Å². The number of hydrogen-bond acceptors (Lipinski definition) is 7. The summed E-state index contributed by atoms with van der Waals surface area (Å²) in [5, 5.41) is 4.30. The molecule has 1 aliphatic rings. The molecule has 0 spiro atoms. The first kappa shape index (κ1) is 19.4. The summed E-state index contributed by atoms with van der Waals surface area (Å²) in [6.07, 6.45) is 1.47. The number of aromatic nitrogens is 4. The molecule has 30 heavy (non-hydrogen) atoms. The summed E-state index contributed by atoms with van der Waals surface area (Å²) in [5.74, 6) is 1.35. The predicted octanol–water partition coefficient (Wildman–Crippen LogP) is 3.02. The van der Waals surface area contributed by atoms with Gasteiger partial charge in [0.05, 0.1) is 10.0 Å². The molecule has 1 aromatic carbocycles. The molecular formula is C19H17ClN6O2S2. The minimum absolute atomic E-state index is 0.273. The van der Waals surface area contributed by atoms with Crippen molar-refractivity contribution in [3.8, 4) is 11.3 Å². The van der Waals surface area contributed by atoms with Crippen LogP contribution in [0.2, 0.25) is 4.34 Å². The second-order valence-corrected chi connectivity index (χ2v) is 10.7. The number of rotatable bonds is 4. The van der Waals surface area contributed by atoms with Crippen molar-refractivity contribution in [3.63, 3.8) is 0 Å². The zero-order chi connectivity index (χ0) is 20.7. The maximum Gasteiger partial charge on any atom is 0.254 e. The summed E-state index contributed by atoms with van der Waals surface area (Å²) in [5.41, 5.74) is 1.79. The molecule has 8 nitrogen and oxygen atoms in total. The van der Waals surface area contributed by atoms with E-state index in [9.17, 15) is 8.42 Å². The smallest absolute Gasteiger partial charge is 0.254 e. The van der Waals surface area contributed by atoms with E-state index in [1.807, 2.05) is 36.4 Å². The Morgan fingerprint density at radius 3 is 2.47 bits per heavy atom. The van der Waals surface area contributed by atoms with E-state index < -0.39 is 10.0 Å². The molecule has 4 aromatic rings. The Bertz CT molecular complexity index is 1300. The zero-order valence-corrected chi connectivity index (χ0v) is 18.1. The summed E-state index contributed by atoms with van der Waals surface area (Å²) < 4.78 is 29.7. The molecule has 0 radical (unpaired) electrons. The van der Waals surface area contributed by atoms with Crippen molar-refractivity contribution < 1.29 is 8.42 Å². The molecule has 154 valence electrons. The lowest BCUT2D eigenvalue weighted by atomic mass is 10.1. The monoisotopic (exact) mass is 460 g/mol. The quantitative estimate of drug-likeness (QED) is 0.465. The van der Waals surface area contributed by atoms with Gasteiger partial charge in [0.2, 0.25) is 0 Å². The van der Waals surface area contributed by atoms with Crippen molar-refractivity contribution in [1.82, 2.24) is 23.9 Å². The number of piperazine rings is 1. The van der Waals surface area contributed by atoms with Gasteiger partial charge in [0, 0.05) is 37.8 Å². The molecule has 4 heterocycles. The molecule has 0 amide bonds. The molecule has 11 heteroatoms. The van der Waals surface area contributed by atoms with Crippen molar-refractivity contribution in [3.05, 3.63) is 59.2 Å². The Hall–Kier alpha value is -2.53. The molecule has 1 saturated heterocycles. The van der Waals surface area contributed by atoms with E-state index >= 15 is 0 Å². The maximum absolute atomic E-state index is 12.9. The van der Waals surface area contributed by atoms with Gasteiger partial charge in [-0.1, -0.05) is 41.9 Å². The minimum Gasteiger partial charge on any atom is -0.354 e. The number of sulfonamides is 1. The van der Waals surface area contributed by atoms with E-state index in [2.05, 4.69) is 20.0 Å². The van der Waals surface area contributed by atoms with Gasteiger partial charge in [0.1, 0.15) is 16.4 Å². The fourth-order valence-electron chi connectivity index (χ4n) is 3.50. The highest BCUT2D eigenvalue weighted by Crippen LogP contribution is 2.30. The molecule has 0 unspecified atom stereocenters. The molecule has 0 aliphatic carbocycles. The van der Waals surface area contributed by atoms with Crippen LogP contribution in [-0.2, 0) is 10.0 Å². The molecule has 1 fully saturated rings. The van der Waals surface area contributed by atoms with Gasteiger partial charge in [-0.2, -0.15) is 18.9 Å². The van der Waals surface area contributed by atoms with Crippen LogP contribution in [0.5, 0.6) is 0 Å². The van der Waals surface area contributed by atoms with Crippen LogP contribution in [0.25, 0.3) is 17.0 Å². The Morgan fingerprint density at radius 2 is 1.77 bits per heavy atom. The van der Waals surface area contributed by atoms with E-state index in [-0.39, 0.29) is 4.21 Å². The molecule has 0 atom stereocenters. The summed E-state index contributed by atoms with van der Waals surface area (Å²) in [6.45, 7) is 1.81. The van der Waals surface area contributed by atoms with Crippen LogP contribution in [0, 0.1) is 0 Å². The second kappa shape index (κ2) is 7.62.